The Balaban J connectivity index is 2.23. The fourth-order valence-corrected chi connectivity index (χ4v) is 1.81. The molecule has 1 aromatic rings. The van der Waals surface area contributed by atoms with Crippen molar-refractivity contribution in [1.82, 2.24) is 10.3 Å². The summed E-state index contributed by atoms with van der Waals surface area (Å²) in [5.74, 6) is -0.879. The van der Waals surface area contributed by atoms with Gasteiger partial charge in [0.15, 0.2) is 0 Å². The minimum atomic E-state index is -0.879. The lowest BCUT2D eigenvalue weighted by molar-refractivity contribution is 0.0691. The van der Waals surface area contributed by atoms with Crippen LogP contribution in [0.25, 0.3) is 0 Å². The number of likely N-dealkylation sites (N-methyl/N-ethyl adjacent to an activating group) is 1. The number of carboxylic acid groups (broad SMARTS) is 1. The summed E-state index contributed by atoms with van der Waals surface area (Å²) in [4.78, 5) is 13.5. The molecule has 3 N–H and O–H groups in total. The molecule has 1 atom stereocenters. The third-order valence-corrected chi connectivity index (χ3v) is 2.55. The van der Waals surface area contributed by atoms with Gasteiger partial charge < -0.3 is 15.4 Å². The number of carbonyl (C=O) groups is 1. The summed E-state index contributed by atoms with van der Waals surface area (Å²) in [5, 5.41) is 11.9. The monoisotopic (exact) mass is 180 g/mol. The molecule has 0 unspecified atom stereocenters. The first-order chi connectivity index (χ1) is 6.20. The highest BCUT2D eigenvalue weighted by atomic mass is 16.4. The summed E-state index contributed by atoms with van der Waals surface area (Å²) in [6.45, 7) is 0. The number of aromatic nitrogens is 1. The Labute approximate surface area is 76.0 Å². The number of nitrogens with one attached hydrogen (secondary N) is 2. The lowest BCUT2D eigenvalue weighted by atomic mass is 10.2. The highest BCUT2D eigenvalue weighted by Crippen LogP contribution is 2.22. The van der Waals surface area contributed by atoms with Crippen LogP contribution in [0.15, 0.2) is 6.07 Å². The minimum absolute atomic E-state index is 0.305. The van der Waals surface area contributed by atoms with E-state index in [0.717, 1.165) is 24.1 Å². The van der Waals surface area contributed by atoms with Crippen molar-refractivity contribution in [2.75, 3.05) is 7.05 Å². The van der Waals surface area contributed by atoms with Crippen molar-refractivity contribution in [3.63, 3.8) is 0 Å². The van der Waals surface area contributed by atoms with E-state index in [1.807, 2.05) is 7.05 Å². The van der Waals surface area contributed by atoms with Gasteiger partial charge in [-0.05, 0) is 25.1 Å². The van der Waals surface area contributed by atoms with Gasteiger partial charge in [0.2, 0.25) is 0 Å². The molecule has 0 radical (unpaired) electrons. The van der Waals surface area contributed by atoms with Crippen LogP contribution in [-0.2, 0) is 12.8 Å². The molecule has 0 bridgehead atoms. The van der Waals surface area contributed by atoms with Gasteiger partial charge in [0, 0.05) is 18.2 Å². The highest BCUT2D eigenvalue weighted by molar-refractivity contribution is 5.86. The van der Waals surface area contributed by atoms with Crippen LogP contribution in [0.3, 0.4) is 0 Å². The predicted molar refractivity (Wildman–Crippen MR) is 48.0 cm³/mol. The van der Waals surface area contributed by atoms with Gasteiger partial charge in [-0.2, -0.15) is 0 Å². The Hall–Kier alpha value is -1.29. The molecule has 4 nitrogen and oxygen atoms in total. The molecule has 2 rings (SSSR count). The standard InChI is InChI=1S/C9H12N2O2/c1-10-6-2-5-3-8(9(12)13)11-7(5)4-6/h3,6,10-11H,2,4H2,1H3,(H,12,13)/t6-/m1/s1. The van der Waals surface area contributed by atoms with E-state index in [0.29, 0.717) is 11.7 Å². The van der Waals surface area contributed by atoms with Crippen molar-refractivity contribution in [2.24, 2.45) is 0 Å². The Morgan fingerprint density at radius 1 is 1.69 bits per heavy atom. The number of carboxylic acids is 1. The summed E-state index contributed by atoms with van der Waals surface area (Å²) in [7, 11) is 1.93. The molecule has 0 aliphatic heterocycles. The molecule has 1 aromatic heterocycles. The number of aromatic amines is 1. The van der Waals surface area contributed by atoms with E-state index in [4.69, 9.17) is 5.11 Å². The third-order valence-electron chi connectivity index (χ3n) is 2.55. The minimum Gasteiger partial charge on any atom is -0.477 e. The molecule has 1 aliphatic carbocycles. The molecular formula is C9H12N2O2. The fourth-order valence-electron chi connectivity index (χ4n) is 1.81. The molecule has 13 heavy (non-hydrogen) atoms. The first-order valence-electron chi connectivity index (χ1n) is 4.32. The second kappa shape index (κ2) is 2.88. The Kier molecular flexibility index (Phi) is 1.84. The Bertz CT molecular complexity index is 320. The van der Waals surface area contributed by atoms with E-state index in [-0.39, 0.29) is 0 Å². The van der Waals surface area contributed by atoms with Crippen LogP contribution in [0, 0.1) is 0 Å². The zero-order chi connectivity index (χ0) is 9.42. The number of fused-ring (bicyclic) bond motifs is 1. The van der Waals surface area contributed by atoms with E-state index >= 15 is 0 Å². The summed E-state index contributed by atoms with van der Waals surface area (Å²) >= 11 is 0. The zero-order valence-corrected chi connectivity index (χ0v) is 7.42. The second-order valence-corrected chi connectivity index (χ2v) is 3.39. The van der Waals surface area contributed by atoms with Gasteiger partial charge in [-0.1, -0.05) is 0 Å². The first-order valence-corrected chi connectivity index (χ1v) is 4.32. The largest absolute Gasteiger partial charge is 0.477 e. The molecule has 1 heterocycles. The van der Waals surface area contributed by atoms with Gasteiger partial charge in [-0.25, -0.2) is 4.79 Å². The maximum atomic E-state index is 10.6. The summed E-state index contributed by atoms with van der Waals surface area (Å²) < 4.78 is 0. The highest BCUT2D eigenvalue weighted by Gasteiger charge is 2.23. The number of rotatable bonds is 2. The normalized spacial score (nSPS) is 20.2. The van der Waals surface area contributed by atoms with Crippen LogP contribution in [0.1, 0.15) is 21.7 Å². The molecule has 0 saturated carbocycles. The van der Waals surface area contributed by atoms with Gasteiger partial charge in [-0.3, -0.25) is 0 Å². The number of hydrogen-bond donors (Lipinski definition) is 3. The molecule has 0 saturated heterocycles. The van der Waals surface area contributed by atoms with Crippen molar-refractivity contribution in [2.45, 2.75) is 18.9 Å². The Morgan fingerprint density at radius 2 is 2.46 bits per heavy atom. The van der Waals surface area contributed by atoms with Crippen LogP contribution in [0.5, 0.6) is 0 Å². The number of aromatic carboxylic acids is 1. The van der Waals surface area contributed by atoms with Gasteiger partial charge in [-0.15, -0.1) is 0 Å². The number of H-pyrrole nitrogens is 1. The van der Waals surface area contributed by atoms with Crippen LogP contribution in [0.2, 0.25) is 0 Å². The summed E-state index contributed by atoms with van der Waals surface area (Å²) in [6, 6.07) is 2.19. The van der Waals surface area contributed by atoms with Crippen LogP contribution >= 0.6 is 0 Å². The molecule has 4 heteroatoms. The van der Waals surface area contributed by atoms with Crippen LogP contribution < -0.4 is 5.32 Å². The lowest BCUT2D eigenvalue weighted by Gasteiger charge is -2.05. The molecule has 70 valence electrons. The topological polar surface area (TPSA) is 65.1 Å². The zero-order valence-electron chi connectivity index (χ0n) is 7.42. The lowest BCUT2D eigenvalue weighted by Crippen LogP contribution is -2.25. The Morgan fingerprint density at radius 3 is 3.00 bits per heavy atom. The van der Waals surface area contributed by atoms with Gasteiger partial charge in [0.05, 0.1) is 0 Å². The third kappa shape index (κ3) is 1.33. The maximum Gasteiger partial charge on any atom is 0.352 e. The van der Waals surface area contributed by atoms with E-state index in [2.05, 4.69) is 10.3 Å². The van der Waals surface area contributed by atoms with Gasteiger partial charge in [0.1, 0.15) is 5.69 Å². The van der Waals surface area contributed by atoms with Crippen LogP contribution in [0.4, 0.5) is 0 Å². The molecule has 0 amide bonds. The van der Waals surface area contributed by atoms with Crippen molar-refractivity contribution < 1.29 is 9.90 Å². The molecular weight excluding hydrogens is 168 g/mol. The predicted octanol–water partition coefficient (Wildman–Crippen LogP) is 0.399. The summed E-state index contributed by atoms with van der Waals surface area (Å²) in [5.41, 5.74) is 2.51. The second-order valence-electron chi connectivity index (χ2n) is 3.39. The maximum absolute atomic E-state index is 10.6. The number of hydrogen-bond acceptors (Lipinski definition) is 2. The average Bonchev–Trinajstić information content (AvgIpc) is 2.58. The molecule has 0 fully saturated rings. The fraction of sp³-hybridized carbons (Fsp3) is 0.444. The van der Waals surface area contributed by atoms with Gasteiger partial charge >= 0.3 is 5.97 Å². The van der Waals surface area contributed by atoms with E-state index < -0.39 is 5.97 Å². The quantitative estimate of drug-likeness (QED) is 0.617. The smallest absolute Gasteiger partial charge is 0.352 e. The van der Waals surface area contributed by atoms with E-state index in [1.165, 1.54) is 0 Å². The molecule has 1 aliphatic rings. The van der Waals surface area contributed by atoms with Crippen molar-refractivity contribution in [1.29, 1.82) is 0 Å². The SMILES string of the molecule is CN[C@@H]1Cc2cc(C(=O)O)[nH]c2C1. The first kappa shape index (κ1) is 8.31. The molecule has 0 spiro atoms. The van der Waals surface area contributed by atoms with Crippen molar-refractivity contribution in [3.8, 4) is 0 Å². The molecule has 0 aromatic carbocycles. The van der Waals surface area contributed by atoms with Crippen molar-refractivity contribution in [3.05, 3.63) is 23.0 Å². The summed E-state index contributed by atoms with van der Waals surface area (Å²) in [6.07, 6.45) is 1.83. The van der Waals surface area contributed by atoms with Gasteiger partial charge in [0.25, 0.3) is 0 Å². The van der Waals surface area contributed by atoms with Crippen molar-refractivity contribution >= 4 is 5.97 Å². The van der Waals surface area contributed by atoms with Crippen LogP contribution in [-0.4, -0.2) is 29.1 Å². The van der Waals surface area contributed by atoms with E-state index in [9.17, 15) is 4.79 Å². The van der Waals surface area contributed by atoms with E-state index in [1.54, 1.807) is 6.07 Å². The average molecular weight is 180 g/mol.